The minimum Gasteiger partial charge on any atom is -0.444 e. The highest BCUT2D eigenvalue weighted by atomic mass is 19.1. The van der Waals surface area contributed by atoms with Crippen LogP contribution in [0.4, 0.5) is 9.18 Å². The van der Waals surface area contributed by atoms with E-state index in [1.54, 1.807) is 51.4 Å². The summed E-state index contributed by atoms with van der Waals surface area (Å²) in [6.45, 7) is 9.38. The fraction of sp³-hybridized carbons (Fsp3) is 0.259. The molecule has 7 heteroatoms. The zero-order valence-corrected chi connectivity index (χ0v) is 19.9. The Morgan fingerprint density at radius 1 is 1.00 bits per heavy atom. The number of hydrogen-bond donors (Lipinski definition) is 1. The number of aromatic nitrogens is 3. The highest BCUT2D eigenvalue weighted by molar-refractivity contribution is 5.88. The number of hydrogen-bond acceptors (Lipinski definition) is 5. The summed E-state index contributed by atoms with van der Waals surface area (Å²) in [5.41, 5.74) is 4.62. The maximum Gasteiger partial charge on any atom is 0.407 e. The molecular formula is C27H27FN4O2. The Hall–Kier alpha value is -3.87. The van der Waals surface area contributed by atoms with E-state index >= 15 is 4.39 Å². The monoisotopic (exact) mass is 458 g/mol. The average molecular weight is 459 g/mol. The first kappa shape index (κ1) is 23.3. The molecule has 4 rings (SSSR count). The number of aryl methyl sites for hydroxylation is 2. The van der Waals surface area contributed by atoms with Crippen molar-refractivity contribution in [1.29, 1.82) is 0 Å². The van der Waals surface area contributed by atoms with Crippen molar-refractivity contribution in [2.45, 2.75) is 46.8 Å². The van der Waals surface area contributed by atoms with Crippen LogP contribution in [0.2, 0.25) is 0 Å². The fourth-order valence-electron chi connectivity index (χ4n) is 3.76. The Bertz CT molecular complexity index is 1360. The van der Waals surface area contributed by atoms with Crippen LogP contribution < -0.4 is 5.32 Å². The van der Waals surface area contributed by atoms with Crippen molar-refractivity contribution in [2.75, 3.05) is 0 Å². The van der Waals surface area contributed by atoms with E-state index < -0.39 is 11.7 Å². The molecule has 1 N–H and O–H groups in total. The van der Waals surface area contributed by atoms with Crippen LogP contribution in [0.5, 0.6) is 0 Å². The van der Waals surface area contributed by atoms with Gasteiger partial charge in [-0.1, -0.05) is 12.1 Å². The second kappa shape index (κ2) is 9.17. The molecule has 0 aliphatic carbocycles. The second-order valence-corrected chi connectivity index (χ2v) is 9.25. The second-order valence-electron chi connectivity index (χ2n) is 9.25. The summed E-state index contributed by atoms with van der Waals surface area (Å²) in [6, 6.07) is 12.8. The molecule has 1 aromatic carbocycles. The number of nitrogens with zero attached hydrogens (tertiary/aromatic N) is 3. The third-order valence-corrected chi connectivity index (χ3v) is 5.15. The van der Waals surface area contributed by atoms with E-state index in [9.17, 15) is 4.79 Å². The SMILES string of the molecule is Cc1cc(-c2cc(-c3ccc4cnc(CNC(=O)OC(C)(C)C)cc4c3F)ccn2)cc(C)n1. The molecule has 3 aromatic heterocycles. The molecule has 174 valence electrons. The van der Waals surface area contributed by atoms with Gasteiger partial charge in [0.1, 0.15) is 11.4 Å². The van der Waals surface area contributed by atoms with Gasteiger partial charge in [-0.15, -0.1) is 0 Å². The van der Waals surface area contributed by atoms with E-state index in [1.165, 1.54) is 0 Å². The lowest BCUT2D eigenvalue weighted by atomic mass is 9.99. The van der Waals surface area contributed by atoms with Crippen LogP contribution >= 0.6 is 0 Å². The van der Waals surface area contributed by atoms with Gasteiger partial charge in [0, 0.05) is 45.7 Å². The van der Waals surface area contributed by atoms with E-state index in [-0.39, 0.29) is 12.4 Å². The summed E-state index contributed by atoms with van der Waals surface area (Å²) in [6.07, 6.45) is 2.74. The number of halogens is 1. The van der Waals surface area contributed by atoms with Crippen molar-refractivity contribution in [2.24, 2.45) is 0 Å². The van der Waals surface area contributed by atoms with E-state index in [4.69, 9.17) is 4.74 Å². The quantitative estimate of drug-likeness (QED) is 0.397. The molecule has 0 fully saturated rings. The average Bonchev–Trinajstić information content (AvgIpc) is 2.76. The van der Waals surface area contributed by atoms with Gasteiger partial charge in [0.15, 0.2) is 0 Å². The number of alkyl carbamates (subject to hydrolysis) is 1. The van der Waals surface area contributed by atoms with Crippen LogP contribution in [0.15, 0.2) is 54.9 Å². The standard InChI is InChI=1S/C27H27FN4O2/c1-16-10-20(11-17(2)32-16)24-12-18(8-9-29-24)22-7-6-19-14-30-21(13-23(19)25(22)28)15-31-26(33)34-27(3,4)5/h6-14H,15H2,1-5H3,(H,31,33). The molecule has 0 aliphatic heterocycles. The molecule has 0 saturated heterocycles. The molecule has 34 heavy (non-hydrogen) atoms. The van der Waals surface area contributed by atoms with Crippen molar-refractivity contribution in [3.63, 3.8) is 0 Å². The summed E-state index contributed by atoms with van der Waals surface area (Å²) >= 11 is 0. The topological polar surface area (TPSA) is 77.0 Å². The summed E-state index contributed by atoms with van der Waals surface area (Å²) < 4.78 is 20.9. The van der Waals surface area contributed by atoms with Crippen molar-refractivity contribution in [3.8, 4) is 22.4 Å². The normalized spacial score (nSPS) is 11.5. The molecular weight excluding hydrogens is 431 g/mol. The van der Waals surface area contributed by atoms with Gasteiger partial charge in [-0.3, -0.25) is 15.0 Å². The molecule has 0 bridgehead atoms. The van der Waals surface area contributed by atoms with Crippen LogP contribution in [0.25, 0.3) is 33.2 Å². The number of carbonyl (C=O) groups excluding carboxylic acids is 1. The number of fused-ring (bicyclic) bond motifs is 1. The minimum atomic E-state index is -0.598. The first-order valence-electron chi connectivity index (χ1n) is 11.1. The Morgan fingerprint density at radius 2 is 1.74 bits per heavy atom. The Kier molecular flexibility index (Phi) is 6.28. The lowest BCUT2D eigenvalue weighted by molar-refractivity contribution is 0.0523. The van der Waals surface area contributed by atoms with Gasteiger partial charge in [0.05, 0.1) is 17.9 Å². The lowest BCUT2D eigenvalue weighted by Gasteiger charge is -2.19. The van der Waals surface area contributed by atoms with Gasteiger partial charge >= 0.3 is 6.09 Å². The summed E-state index contributed by atoms with van der Waals surface area (Å²) in [5, 5.41) is 3.77. The van der Waals surface area contributed by atoms with Crippen molar-refractivity contribution in [1.82, 2.24) is 20.3 Å². The highest BCUT2D eigenvalue weighted by Gasteiger charge is 2.16. The zero-order valence-electron chi connectivity index (χ0n) is 19.9. The predicted molar refractivity (Wildman–Crippen MR) is 131 cm³/mol. The minimum absolute atomic E-state index is 0.134. The van der Waals surface area contributed by atoms with Crippen molar-refractivity contribution >= 4 is 16.9 Å². The molecule has 0 spiro atoms. The molecule has 0 saturated carbocycles. The van der Waals surface area contributed by atoms with Gasteiger partial charge in [-0.05, 0) is 70.5 Å². The van der Waals surface area contributed by atoms with E-state index in [1.807, 2.05) is 38.1 Å². The van der Waals surface area contributed by atoms with Crippen LogP contribution in [-0.4, -0.2) is 26.6 Å². The Labute approximate surface area is 198 Å². The number of rotatable bonds is 4. The first-order chi connectivity index (χ1) is 16.1. The molecule has 0 unspecified atom stereocenters. The van der Waals surface area contributed by atoms with Crippen LogP contribution in [0, 0.1) is 19.7 Å². The smallest absolute Gasteiger partial charge is 0.407 e. The molecule has 1 amide bonds. The van der Waals surface area contributed by atoms with Gasteiger partial charge in [-0.25, -0.2) is 9.18 Å². The molecule has 0 aliphatic rings. The van der Waals surface area contributed by atoms with E-state index in [0.29, 0.717) is 22.0 Å². The first-order valence-corrected chi connectivity index (χ1v) is 11.1. The summed E-state index contributed by atoms with van der Waals surface area (Å²) in [4.78, 5) is 25.2. The van der Waals surface area contributed by atoms with E-state index in [0.717, 1.165) is 28.2 Å². The van der Waals surface area contributed by atoms with Crippen molar-refractivity contribution < 1.29 is 13.9 Å². The molecule has 4 aromatic rings. The summed E-state index contributed by atoms with van der Waals surface area (Å²) in [7, 11) is 0. The fourth-order valence-corrected chi connectivity index (χ4v) is 3.76. The zero-order chi connectivity index (χ0) is 24.5. The maximum atomic E-state index is 15.6. The third kappa shape index (κ3) is 5.36. The largest absolute Gasteiger partial charge is 0.444 e. The molecule has 3 heterocycles. The van der Waals surface area contributed by atoms with E-state index in [2.05, 4.69) is 20.3 Å². The van der Waals surface area contributed by atoms with Gasteiger partial charge < -0.3 is 10.1 Å². The van der Waals surface area contributed by atoms with Gasteiger partial charge in [0.25, 0.3) is 0 Å². The molecule has 0 atom stereocenters. The Morgan fingerprint density at radius 3 is 2.44 bits per heavy atom. The predicted octanol–water partition coefficient (Wildman–Crippen LogP) is 6.14. The molecule has 0 radical (unpaired) electrons. The highest BCUT2D eigenvalue weighted by Crippen LogP contribution is 2.31. The Balaban J connectivity index is 1.65. The number of ether oxygens (including phenoxy) is 1. The third-order valence-electron chi connectivity index (χ3n) is 5.15. The van der Waals surface area contributed by atoms with Crippen LogP contribution in [-0.2, 0) is 11.3 Å². The maximum absolute atomic E-state index is 15.6. The summed E-state index contributed by atoms with van der Waals surface area (Å²) in [5.74, 6) is -0.349. The van der Waals surface area contributed by atoms with Crippen molar-refractivity contribution in [3.05, 3.63) is 77.8 Å². The lowest BCUT2D eigenvalue weighted by Crippen LogP contribution is -2.32. The molecule has 6 nitrogen and oxygen atoms in total. The number of amides is 1. The number of carbonyl (C=O) groups is 1. The number of benzene rings is 1. The number of pyridine rings is 3. The van der Waals surface area contributed by atoms with Gasteiger partial charge in [-0.2, -0.15) is 0 Å². The van der Waals surface area contributed by atoms with Gasteiger partial charge in [0.2, 0.25) is 0 Å². The van der Waals surface area contributed by atoms with Crippen LogP contribution in [0.3, 0.4) is 0 Å². The number of nitrogens with one attached hydrogen (secondary N) is 1. The van der Waals surface area contributed by atoms with Crippen LogP contribution in [0.1, 0.15) is 37.9 Å².